The number of hydrogen-bond acceptors (Lipinski definition) is 9. The highest BCUT2D eigenvalue weighted by Gasteiger charge is 2.31. The predicted octanol–water partition coefficient (Wildman–Crippen LogP) is 5.62. The minimum Gasteiger partial charge on any atom is -0.477 e. The first-order valence-electron chi connectivity index (χ1n) is 12.2. The largest absolute Gasteiger partial charge is 0.477 e. The number of ether oxygens (including phenoxy) is 3. The summed E-state index contributed by atoms with van der Waals surface area (Å²) < 4.78 is 16.3. The van der Waals surface area contributed by atoms with Crippen molar-refractivity contribution in [2.24, 2.45) is 0 Å². The third-order valence-corrected chi connectivity index (χ3v) is 5.00. The number of aromatic nitrogens is 1. The predicted molar refractivity (Wildman–Crippen MR) is 149 cm³/mol. The Bertz CT molecular complexity index is 1210. The number of benzene rings is 1. The van der Waals surface area contributed by atoms with Crippen LogP contribution in [-0.2, 0) is 16.0 Å². The summed E-state index contributed by atoms with van der Waals surface area (Å²) in [6, 6.07) is 8.02. The molecule has 0 atom stereocenters. The van der Waals surface area contributed by atoms with Crippen molar-refractivity contribution in [3.8, 4) is 5.88 Å². The number of carbonyl (C=O) groups excluding carboxylic acids is 2. The van der Waals surface area contributed by atoms with Gasteiger partial charge in [0.05, 0.1) is 24.7 Å². The summed E-state index contributed by atoms with van der Waals surface area (Å²) in [5.74, 6) is -0.420. The molecule has 2 rings (SSSR count). The molecule has 0 radical (unpaired) electrons. The van der Waals surface area contributed by atoms with E-state index < -0.39 is 34.2 Å². The molecule has 0 fully saturated rings. The molecule has 2 N–H and O–H groups in total. The van der Waals surface area contributed by atoms with Crippen LogP contribution in [0.2, 0.25) is 0 Å². The monoisotopic (exact) mass is 541 g/mol. The number of nitrogens with zero attached hydrogens (tertiary/aromatic N) is 4. The molecule has 0 aliphatic carbocycles. The molecular weight excluding hydrogens is 506 g/mol. The van der Waals surface area contributed by atoms with Gasteiger partial charge in [0.2, 0.25) is 11.7 Å². The van der Waals surface area contributed by atoms with Crippen molar-refractivity contribution in [2.75, 3.05) is 35.3 Å². The lowest BCUT2D eigenvalue weighted by Crippen LogP contribution is -2.37. The second-order valence-corrected chi connectivity index (χ2v) is 9.23. The first kappa shape index (κ1) is 30.6. The summed E-state index contributed by atoms with van der Waals surface area (Å²) >= 11 is 0. The van der Waals surface area contributed by atoms with E-state index in [0.29, 0.717) is 17.7 Å². The second kappa shape index (κ2) is 13.8. The Morgan fingerprint density at radius 1 is 1.15 bits per heavy atom. The zero-order valence-electron chi connectivity index (χ0n) is 22.7. The van der Waals surface area contributed by atoms with E-state index >= 15 is 0 Å². The summed E-state index contributed by atoms with van der Waals surface area (Å²) in [4.78, 5) is 43.6. The summed E-state index contributed by atoms with van der Waals surface area (Å²) in [6.45, 7) is 14.5. The van der Waals surface area contributed by atoms with Crippen molar-refractivity contribution in [3.05, 3.63) is 71.3 Å². The SMILES string of the molecule is C=CCCOc1cc(N(Cc2cccc(N(CC=C)C(=O)OC(C)(C)C)c2)C(=O)OCC)c([N+](=O)[O-])c(N)n1. The second-order valence-electron chi connectivity index (χ2n) is 9.23. The van der Waals surface area contributed by atoms with E-state index in [2.05, 4.69) is 18.1 Å². The summed E-state index contributed by atoms with van der Waals surface area (Å²) in [5, 5.41) is 11.9. The lowest BCUT2D eigenvalue weighted by molar-refractivity contribution is -0.383. The quantitative estimate of drug-likeness (QED) is 0.156. The minimum atomic E-state index is -0.844. The summed E-state index contributed by atoms with van der Waals surface area (Å²) in [6.07, 6.45) is 2.27. The van der Waals surface area contributed by atoms with E-state index in [0.717, 1.165) is 4.90 Å². The average Bonchev–Trinajstić information content (AvgIpc) is 2.84. The first-order valence-corrected chi connectivity index (χ1v) is 12.2. The molecule has 0 aliphatic rings. The van der Waals surface area contributed by atoms with Gasteiger partial charge < -0.3 is 19.9 Å². The van der Waals surface area contributed by atoms with Gasteiger partial charge in [0.15, 0.2) is 0 Å². The molecule has 2 aromatic rings. The number of carbonyl (C=O) groups is 2. The number of nitrogen functional groups attached to an aromatic ring is 1. The van der Waals surface area contributed by atoms with Crippen LogP contribution in [0.1, 0.15) is 39.7 Å². The highest BCUT2D eigenvalue weighted by atomic mass is 16.6. The molecule has 0 unspecified atom stereocenters. The van der Waals surface area contributed by atoms with Crippen LogP contribution in [0.25, 0.3) is 0 Å². The van der Waals surface area contributed by atoms with E-state index in [4.69, 9.17) is 19.9 Å². The van der Waals surface area contributed by atoms with E-state index in [1.807, 2.05) is 0 Å². The highest BCUT2D eigenvalue weighted by Crippen LogP contribution is 2.37. The fraction of sp³-hybridized carbons (Fsp3) is 0.370. The Morgan fingerprint density at radius 2 is 1.87 bits per heavy atom. The Kier molecular flexibility index (Phi) is 10.8. The van der Waals surface area contributed by atoms with Crippen molar-refractivity contribution >= 4 is 35.1 Å². The molecule has 12 heteroatoms. The molecule has 1 heterocycles. The lowest BCUT2D eigenvalue weighted by atomic mass is 10.1. The zero-order valence-corrected chi connectivity index (χ0v) is 22.7. The average molecular weight is 542 g/mol. The van der Waals surface area contributed by atoms with Crippen molar-refractivity contribution in [1.82, 2.24) is 4.98 Å². The molecule has 12 nitrogen and oxygen atoms in total. The molecule has 0 spiro atoms. The van der Waals surface area contributed by atoms with Crippen LogP contribution in [0.4, 0.5) is 32.5 Å². The number of amides is 2. The Morgan fingerprint density at radius 3 is 2.46 bits per heavy atom. The smallest absolute Gasteiger partial charge is 0.415 e. The molecule has 1 aromatic carbocycles. The van der Waals surface area contributed by atoms with Crippen LogP contribution in [-0.4, -0.2) is 47.5 Å². The normalized spacial score (nSPS) is 10.8. The van der Waals surface area contributed by atoms with E-state index in [1.54, 1.807) is 64.1 Å². The molecule has 0 aliphatic heterocycles. The highest BCUT2D eigenvalue weighted by molar-refractivity contribution is 5.93. The van der Waals surface area contributed by atoms with Gasteiger partial charge in [-0.3, -0.25) is 19.9 Å². The zero-order chi connectivity index (χ0) is 29.2. The van der Waals surface area contributed by atoms with E-state index in [9.17, 15) is 19.7 Å². The number of pyridine rings is 1. The molecule has 0 saturated heterocycles. The van der Waals surface area contributed by atoms with Gasteiger partial charge in [-0.15, -0.1) is 13.2 Å². The lowest BCUT2D eigenvalue weighted by Gasteiger charge is -2.27. The van der Waals surface area contributed by atoms with Gasteiger partial charge in [-0.1, -0.05) is 24.3 Å². The van der Waals surface area contributed by atoms with Crippen LogP contribution in [0.5, 0.6) is 5.88 Å². The maximum Gasteiger partial charge on any atom is 0.415 e. The van der Waals surface area contributed by atoms with Gasteiger partial charge in [0.25, 0.3) is 0 Å². The molecular formula is C27H35N5O7. The van der Waals surface area contributed by atoms with Crippen molar-refractivity contribution < 1.29 is 28.7 Å². The minimum absolute atomic E-state index is 0.0000769. The van der Waals surface area contributed by atoms with Crippen LogP contribution >= 0.6 is 0 Å². The standard InChI is InChI=1S/C27H35N5O7/c1-7-10-15-38-22-17-21(23(32(35)36)24(28)29-22)31(25(33)37-9-3)18-19-12-11-13-20(16-19)30(14-8-2)26(34)39-27(4,5)6/h7-8,11-13,16-17H,1-2,9-10,14-15,18H2,3-6H3,(H2,28,29). The van der Waals surface area contributed by atoms with Crippen LogP contribution in [0.15, 0.2) is 55.6 Å². The van der Waals surface area contributed by atoms with Gasteiger partial charge >= 0.3 is 17.9 Å². The van der Waals surface area contributed by atoms with Gasteiger partial charge in [0.1, 0.15) is 11.3 Å². The Balaban J connectivity index is 2.56. The number of nitro groups is 1. The maximum absolute atomic E-state index is 13.1. The summed E-state index contributed by atoms with van der Waals surface area (Å²) in [7, 11) is 0. The third-order valence-electron chi connectivity index (χ3n) is 5.00. The first-order chi connectivity index (χ1) is 18.4. The molecule has 39 heavy (non-hydrogen) atoms. The molecule has 210 valence electrons. The number of hydrogen-bond donors (Lipinski definition) is 1. The van der Waals surface area contributed by atoms with Gasteiger partial charge in [-0.25, -0.2) is 9.59 Å². The Labute approximate surface area is 227 Å². The van der Waals surface area contributed by atoms with Gasteiger partial charge in [-0.05, 0) is 51.8 Å². The summed E-state index contributed by atoms with van der Waals surface area (Å²) in [5.41, 5.74) is 5.48. The van der Waals surface area contributed by atoms with Crippen molar-refractivity contribution in [3.63, 3.8) is 0 Å². The Hall–Kier alpha value is -4.61. The molecule has 0 saturated carbocycles. The van der Waals surface area contributed by atoms with E-state index in [1.165, 1.54) is 11.0 Å². The fourth-order valence-electron chi connectivity index (χ4n) is 3.42. The van der Waals surface area contributed by atoms with E-state index in [-0.39, 0.29) is 37.9 Å². The topological polar surface area (TPSA) is 150 Å². The van der Waals surface area contributed by atoms with Crippen molar-refractivity contribution in [2.45, 2.75) is 46.3 Å². The third kappa shape index (κ3) is 8.73. The fourth-order valence-corrected chi connectivity index (χ4v) is 3.42. The number of nitrogens with two attached hydrogens (primary N) is 1. The van der Waals surface area contributed by atoms with Crippen molar-refractivity contribution in [1.29, 1.82) is 0 Å². The molecule has 2 amide bonds. The van der Waals surface area contributed by atoms with Gasteiger partial charge in [-0.2, -0.15) is 4.98 Å². The number of anilines is 3. The van der Waals surface area contributed by atoms with Crippen LogP contribution in [0, 0.1) is 10.1 Å². The van der Waals surface area contributed by atoms with Crippen LogP contribution in [0.3, 0.4) is 0 Å². The van der Waals surface area contributed by atoms with Crippen LogP contribution < -0.4 is 20.3 Å². The number of rotatable bonds is 12. The maximum atomic E-state index is 13.1. The molecule has 1 aromatic heterocycles. The molecule has 0 bridgehead atoms. The van der Waals surface area contributed by atoms with Gasteiger partial charge in [0, 0.05) is 18.3 Å².